The van der Waals surface area contributed by atoms with Gasteiger partial charge in [-0.1, -0.05) is 0 Å². The van der Waals surface area contributed by atoms with Crippen LogP contribution in [-0.2, 0) is 0 Å². The molecule has 0 bridgehead atoms. The van der Waals surface area contributed by atoms with E-state index in [1.807, 2.05) is 0 Å². The van der Waals surface area contributed by atoms with Gasteiger partial charge >= 0.3 is 88.8 Å². The van der Waals surface area contributed by atoms with Crippen LogP contribution in [0.15, 0.2) is 0 Å². The number of hydrogen-bond acceptors (Lipinski definition) is 1. The number of rotatable bonds is 0. The van der Waals surface area contributed by atoms with Gasteiger partial charge in [-0.3, -0.25) is 0 Å². The standard InChI is InChI=1S/4K.S. The monoisotopic (exact) mass is 188 g/mol. The van der Waals surface area contributed by atoms with Crippen LogP contribution >= 0.6 is -4.66 Å². The molecule has 0 fully saturated rings. The van der Waals surface area contributed by atoms with E-state index >= 15 is 0 Å². The average Bonchev–Trinajstić information content (AvgIpc) is 0.918. The second-order valence-corrected chi connectivity index (χ2v) is 20.8. The van der Waals surface area contributed by atoms with Crippen molar-refractivity contribution in [1.29, 1.82) is 0 Å². The summed E-state index contributed by atoms with van der Waals surface area (Å²) in [6.07, 6.45) is 0. The van der Waals surface area contributed by atoms with Crippen LogP contribution in [0.25, 0.3) is 0 Å². The molecule has 0 spiro atoms. The van der Waals surface area contributed by atoms with Crippen LogP contribution in [0.2, 0.25) is 0 Å². The summed E-state index contributed by atoms with van der Waals surface area (Å²) in [5.74, 6) is 0. The topological polar surface area (TPSA) is 0 Å². The van der Waals surface area contributed by atoms with E-state index in [1.165, 1.54) is 0 Å². The van der Waals surface area contributed by atoms with E-state index < -0.39 is 0 Å². The summed E-state index contributed by atoms with van der Waals surface area (Å²) in [4.78, 5) is 0. The fourth-order valence-electron chi connectivity index (χ4n) is 0. The molecular formula is K4S. The molecule has 0 aliphatic carbocycles. The molecular weight excluding hydrogens is 188 g/mol. The summed E-state index contributed by atoms with van der Waals surface area (Å²) in [6.45, 7) is 0. The molecule has 0 nitrogen and oxygen atoms in total. The van der Waals surface area contributed by atoms with Crippen molar-refractivity contribution in [1.82, 2.24) is 0 Å². The normalized spacial score (nSPS) is 4.00. The van der Waals surface area contributed by atoms with Crippen molar-refractivity contribution in [2.75, 3.05) is 0 Å². The quantitative estimate of drug-likeness (QED) is 0.445. The van der Waals surface area contributed by atoms with E-state index in [2.05, 4.69) is -4.66 Å². The Kier molecular flexibility index (Phi) is 61.1. The van der Waals surface area contributed by atoms with Crippen molar-refractivity contribution in [3.8, 4) is 0 Å². The molecule has 5 heteroatoms. The Morgan fingerprint density at radius 1 is 1.00 bits per heavy atom. The molecule has 0 heterocycles. The molecule has 5 heavy (non-hydrogen) atoms. The van der Waals surface area contributed by atoms with Crippen LogP contribution < -0.4 is 0 Å². The first-order valence-electron chi connectivity index (χ1n) is 0.816. The molecule has 10 valence electrons. The molecule has 0 atom stereocenters. The average molecular weight is 188 g/mol. The van der Waals surface area contributed by atoms with E-state index in [-0.39, 0.29) is 103 Å². The van der Waals surface area contributed by atoms with Crippen LogP contribution in [0.5, 0.6) is 0 Å². The first kappa shape index (κ1) is 17.8. The Morgan fingerprint density at radius 3 is 1.00 bits per heavy atom. The van der Waals surface area contributed by atoms with Crippen molar-refractivity contribution >= 4 is 192 Å². The fourth-order valence-corrected chi connectivity index (χ4v) is 0. The molecule has 0 aromatic rings. The Morgan fingerprint density at radius 2 is 1.00 bits per heavy atom. The predicted octanol–water partition coefficient (Wildman–Crippen LogP) is -0.875. The van der Waals surface area contributed by atoms with Crippen LogP contribution in [0, 0.1) is 0 Å². The first-order chi connectivity index (χ1) is 1.41. The van der Waals surface area contributed by atoms with Gasteiger partial charge in [0.1, 0.15) is 0 Å². The zero-order chi connectivity index (χ0) is 2.71. The van der Waals surface area contributed by atoms with Gasteiger partial charge in [0.15, 0.2) is 0 Å². The van der Waals surface area contributed by atoms with Gasteiger partial charge in [-0.05, 0) is 0 Å². The Balaban J connectivity index is -0.0000000200. The molecule has 0 aromatic heterocycles. The Hall–Kier alpha value is 6.90. The summed E-state index contributed by atoms with van der Waals surface area (Å²) in [5.41, 5.74) is 0. The summed E-state index contributed by atoms with van der Waals surface area (Å²) in [6, 6.07) is 0. The third-order valence-corrected chi connectivity index (χ3v) is 0. The van der Waals surface area contributed by atoms with Gasteiger partial charge in [-0.15, -0.1) is 0 Å². The molecule has 0 rings (SSSR count). The second-order valence-electron chi connectivity index (χ2n) is 0.408. The van der Waals surface area contributed by atoms with Crippen molar-refractivity contribution in [3.63, 3.8) is 0 Å². The molecule has 2 radical (unpaired) electrons. The van der Waals surface area contributed by atoms with Crippen molar-refractivity contribution in [2.24, 2.45) is 0 Å². The number of hydrogen-bond donors (Lipinski definition) is 0. The van der Waals surface area contributed by atoms with Crippen LogP contribution in [0.1, 0.15) is 0 Å². The van der Waals surface area contributed by atoms with Gasteiger partial charge in [0, 0.05) is 103 Å². The third-order valence-electron chi connectivity index (χ3n) is 0. The van der Waals surface area contributed by atoms with Gasteiger partial charge in [0.05, 0.1) is 0 Å². The van der Waals surface area contributed by atoms with Crippen LogP contribution in [-0.4, -0.2) is 196 Å². The predicted molar refractivity (Wildman–Crippen MR) is 30.6 cm³/mol. The molecule has 0 aliphatic rings. The van der Waals surface area contributed by atoms with Crippen molar-refractivity contribution in [2.45, 2.75) is 0 Å². The van der Waals surface area contributed by atoms with E-state index in [1.54, 1.807) is 0 Å². The first-order valence-corrected chi connectivity index (χ1v) is 10.1. The molecule has 0 saturated heterocycles. The van der Waals surface area contributed by atoms with Gasteiger partial charge < -0.3 is 0 Å². The second kappa shape index (κ2) is 17.1. The van der Waals surface area contributed by atoms with Crippen molar-refractivity contribution < 1.29 is 0 Å². The summed E-state index contributed by atoms with van der Waals surface area (Å²) in [5, 5.41) is 0. The Bertz CT molecular complexity index is 3.61. The maximum atomic E-state index is 2.12. The molecule has 0 aliphatic heterocycles. The van der Waals surface area contributed by atoms with E-state index in [0.717, 1.165) is 93.5 Å². The summed E-state index contributed by atoms with van der Waals surface area (Å²) < 4.78 is 2.12. The van der Waals surface area contributed by atoms with Crippen molar-refractivity contribution in [3.05, 3.63) is 0 Å². The fraction of sp³-hybridized carbons (Fsp3) is 0. The SMILES string of the molecule is [K].[K].[K][S][K]. The summed E-state index contributed by atoms with van der Waals surface area (Å²) >= 11 is 2.21. The van der Waals surface area contributed by atoms with Gasteiger partial charge in [-0.25, -0.2) is 0 Å². The third kappa shape index (κ3) is 18.1. The zero-order valence-corrected chi connectivity index (χ0v) is 17.7. The van der Waals surface area contributed by atoms with Gasteiger partial charge in [-0.2, -0.15) is 0 Å². The van der Waals surface area contributed by atoms with E-state index in [0.29, 0.717) is 0 Å². The maximum absolute atomic E-state index is 2.12. The summed E-state index contributed by atoms with van der Waals surface area (Å²) in [7, 11) is 0. The van der Waals surface area contributed by atoms with Crippen LogP contribution in [0.3, 0.4) is 0 Å². The van der Waals surface area contributed by atoms with E-state index in [4.69, 9.17) is 0 Å². The Labute approximate surface area is 183 Å². The molecule has 0 aromatic carbocycles. The minimum atomic E-state index is 0. The minimum absolute atomic E-state index is 0. The molecule has 0 saturated carbocycles. The molecule has 0 amide bonds. The van der Waals surface area contributed by atoms with Gasteiger partial charge in [0.2, 0.25) is 0 Å². The van der Waals surface area contributed by atoms with E-state index in [9.17, 15) is 0 Å². The van der Waals surface area contributed by atoms with Crippen LogP contribution in [0.4, 0.5) is 0 Å². The zero-order valence-electron chi connectivity index (χ0n) is 4.41. The van der Waals surface area contributed by atoms with Gasteiger partial charge in [0.25, 0.3) is 0 Å². The molecule has 0 N–H and O–H groups in total. The molecule has 0 unspecified atom stereocenters.